The Morgan fingerprint density at radius 3 is 2.30 bits per heavy atom. The van der Waals surface area contributed by atoms with Gasteiger partial charge in [0.1, 0.15) is 5.78 Å². The van der Waals surface area contributed by atoms with E-state index in [9.17, 15) is 14.7 Å². The van der Waals surface area contributed by atoms with Crippen LogP contribution in [0.2, 0.25) is 0 Å². The summed E-state index contributed by atoms with van der Waals surface area (Å²) in [7, 11) is 0. The van der Waals surface area contributed by atoms with Crippen molar-refractivity contribution in [2.75, 3.05) is 0 Å². The van der Waals surface area contributed by atoms with Crippen molar-refractivity contribution < 1.29 is 14.7 Å². The second kappa shape index (κ2) is 6.97. The summed E-state index contributed by atoms with van der Waals surface area (Å²) in [6.45, 7) is 16.5. The molecule has 5 aliphatic rings. The third-order valence-corrected chi connectivity index (χ3v) is 13.0. The number of aliphatic carboxylic acids is 1. The third kappa shape index (κ3) is 2.80. The van der Waals surface area contributed by atoms with Gasteiger partial charge in [-0.1, -0.05) is 60.1 Å². The minimum absolute atomic E-state index is 0.0600. The maximum absolute atomic E-state index is 12.9. The molecule has 0 saturated heterocycles. The molecule has 9 atom stereocenters. The van der Waals surface area contributed by atoms with Gasteiger partial charge < -0.3 is 5.11 Å². The number of carboxylic acid groups (broad SMARTS) is 1. The fraction of sp³-hybridized carbons (Fsp3) is 0.867. The Labute approximate surface area is 201 Å². The largest absolute Gasteiger partial charge is 0.481 e. The van der Waals surface area contributed by atoms with Crippen molar-refractivity contribution >= 4 is 11.8 Å². The fourth-order valence-electron chi connectivity index (χ4n) is 10.7. The van der Waals surface area contributed by atoms with E-state index in [0.717, 1.165) is 44.9 Å². The second-order valence-electron chi connectivity index (χ2n) is 14.5. The number of ketones is 1. The van der Waals surface area contributed by atoms with Crippen LogP contribution in [0.15, 0.2) is 11.6 Å². The van der Waals surface area contributed by atoms with Crippen molar-refractivity contribution in [2.24, 2.45) is 56.7 Å². The van der Waals surface area contributed by atoms with Crippen molar-refractivity contribution in [3.63, 3.8) is 0 Å². The fourth-order valence-corrected chi connectivity index (χ4v) is 10.7. The number of fused-ring (bicyclic) bond motifs is 7. The summed E-state index contributed by atoms with van der Waals surface area (Å²) in [4.78, 5) is 25.5. The van der Waals surface area contributed by atoms with Gasteiger partial charge in [-0.15, -0.1) is 0 Å². The lowest BCUT2D eigenvalue weighted by molar-refractivity contribution is -0.187. The number of allylic oxidation sites excluding steroid dienone is 2. The molecule has 4 saturated carbocycles. The van der Waals surface area contributed by atoms with Crippen LogP contribution in [-0.2, 0) is 9.59 Å². The lowest BCUT2D eigenvalue weighted by Crippen LogP contribution is -2.64. The van der Waals surface area contributed by atoms with Crippen LogP contribution in [0.1, 0.15) is 106 Å². The molecule has 1 N–H and O–H groups in total. The molecule has 3 nitrogen and oxygen atoms in total. The highest BCUT2D eigenvalue weighted by Gasteiger charge is 2.68. The number of rotatable bonds is 1. The zero-order valence-corrected chi connectivity index (χ0v) is 22.1. The Hall–Kier alpha value is -1.12. The highest BCUT2D eigenvalue weighted by molar-refractivity contribution is 5.85. The van der Waals surface area contributed by atoms with Gasteiger partial charge in [-0.3, -0.25) is 9.59 Å². The molecular formula is C30H46O3. The number of hydrogen-bond donors (Lipinski definition) is 1. The molecule has 0 spiro atoms. The number of Topliss-reactive ketones (excluding diaryl/α,β-unsaturated/α-hetero) is 1. The van der Waals surface area contributed by atoms with Gasteiger partial charge in [-0.05, 0) is 96.7 Å². The van der Waals surface area contributed by atoms with Crippen molar-refractivity contribution in [3.8, 4) is 0 Å². The molecule has 0 unspecified atom stereocenters. The van der Waals surface area contributed by atoms with Crippen LogP contribution in [0.25, 0.3) is 0 Å². The van der Waals surface area contributed by atoms with Gasteiger partial charge in [0.2, 0.25) is 0 Å². The van der Waals surface area contributed by atoms with Gasteiger partial charge in [0, 0.05) is 11.8 Å². The topological polar surface area (TPSA) is 54.4 Å². The quantitative estimate of drug-likeness (QED) is 0.423. The molecule has 0 radical (unpaired) electrons. The molecule has 5 aliphatic carbocycles. The zero-order valence-electron chi connectivity index (χ0n) is 22.1. The van der Waals surface area contributed by atoms with E-state index in [-0.39, 0.29) is 44.8 Å². The number of carboxylic acids is 1. The number of carbonyl (C=O) groups is 2. The van der Waals surface area contributed by atoms with E-state index in [1.54, 1.807) is 0 Å². The molecule has 0 heterocycles. The maximum Gasteiger partial charge on any atom is 0.307 e. The van der Waals surface area contributed by atoms with Crippen LogP contribution in [-0.4, -0.2) is 16.9 Å². The van der Waals surface area contributed by atoms with Crippen molar-refractivity contribution in [1.82, 2.24) is 0 Å². The van der Waals surface area contributed by atoms with E-state index < -0.39 is 5.97 Å². The average molecular weight is 455 g/mol. The third-order valence-electron chi connectivity index (χ3n) is 13.0. The predicted octanol–water partition coefficient (Wildman–Crippen LogP) is 7.30. The molecule has 0 amide bonds. The van der Waals surface area contributed by atoms with Crippen molar-refractivity contribution in [2.45, 2.75) is 106 Å². The minimum Gasteiger partial charge on any atom is -0.481 e. The number of hydrogen-bond acceptors (Lipinski definition) is 2. The van der Waals surface area contributed by atoms with Crippen LogP contribution >= 0.6 is 0 Å². The van der Waals surface area contributed by atoms with Gasteiger partial charge in [0.05, 0.1) is 5.92 Å². The molecule has 0 bridgehead atoms. The summed E-state index contributed by atoms with van der Waals surface area (Å²) < 4.78 is 0. The Bertz CT molecular complexity index is 916. The van der Waals surface area contributed by atoms with Crippen molar-refractivity contribution in [1.29, 1.82) is 0 Å². The monoisotopic (exact) mass is 454 g/mol. The van der Waals surface area contributed by atoms with E-state index in [4.69, 9.17) is 0 Å². The minimum atomic E-state index is -0.584. The van der Waals surface area contributed by atoms with E-state index in [2.05, 4.69) is 54.5 Å². The normalized spacial score (nSPS) is 53.1. The molecule has 0 aromatic carbocycles. The van der Waals surface area contributed by atoms with Crippen molar-refractivity contribution in [3.05, 3.63) is 11.6 Å². The maximum atomic E-state index is 12.9. The van der Waals surface area contributed by atoms with E-state index in [1.165, 1.54) is 18.4 Å². The smallest absolute Gasteiger partial charge is 0.307 e. The number of carbonyl (C=O) groups excluding carboxylic acids is 1. The first-order chi connectivity index (χ1) is 15.2. The van der Waals surface area contributed by atoms with Gasteiger partial charge in [-0.2, -0.15) is 0 Å². The van der Waals surface area contributed by atoms with E-state index in [1.807, 2.05) is 0 Å². The molecule has 184 valence electrons. The molecule has 33 heavy (non-hydrogen) atoms. The zero-order chi connectivity index (χ0) is 24.2. The van der Waals surface area contributed by atoms with Crippen LogP contribution < -0.4 is 0 Å². The Kier molecular flexibility index (Phi) is 4.99. The molecule has 0 aliphatic heterocycles. The summed E-state index contributed by atoms with van der Waals surface area (Å²) in [6, 6.07) is 0. The van der Waals surface area contributed by atoms with Gasteiger partial charge in [-0.25, -0.2) is 0 Å². The summed E-state index contributed by atoms with van der Waals surface area (Å²) in [6.07, 6.45) is 12.2. The van der Waals surface area contributed by atoms with Gasteiger partial charge in [0.25, 0.3) is 0 Å². The van der Waals surface area contributed by atoms with E-state index >= 15 is 0 Å². The molecule has 0 aromatic rings. The summed E-state index contributed by atoms with van der Waals surface area (Å²) in [5, 5.41) is 10.4. The SMILES string of the molecule is C[C@@H]1CC[C@]2(C)CC[C@]3(C)C(=CC[C@H]4[C@]5(C)CCC(=O)C(C)(C)[C@@H]5CC[C@]43C)[C@H]2[C@H]1C(=O)O. The van der Waals surface area contributed by atoms with Crippen LogP contribution in [0.3, 0.4) is 0 Å². The lowest BCUT2D eigenvalue weighted by Gasteiger charge is -2.70. The highest BCUT2D eigenvalue weighted by atomic mass is 16.4. The molecular weight excluding hydrogens is 408 g/mol. The highest BCUT2D eigenvalue weighted by Crippen LogP contribution is 2.75. The first-order valence-corrected chi connectivity index (χ1v) is 13.7. The van der Waals surface area contributed by atoms with E-state index in [0.29, 0.717) is 17.6 Å². The lowest BCUT2D eigenvalue weighted by atomic mass is 9.33. The predicted molar refractivity (Wildman–Crippen MR) is 132 cm³/mol. The van der Waals surface area contributed by atoms with Crippen LogP contribution in [0.5, 0.6) is 0 Å². The second-order valence-corrected chi connectivity index (χ2v) is 14.5. The molecule has 3 heteroatoms. The Morgan fingerprint density at radius 1 is 0.939 bits per heavy atom. The van der Waals surface area contributed by atoms with Gasteiger partial charge in [0.15, 0.2) is 0 Å². The molecule has 0 aromatic heterocycles. The van der Waals surface area contributed by atoms with Crippen LogP contribution in [0, 0.1) is 56.7 Å². The Morgan fingerprint density at radius 2 is 1.64 bits per heavy atom. The molecule has 5 rings (SSSR count). The first kappa shape index (κ1) is 23.6. The van der Waals surface area contributed by atoms with Crippen LogP contribution in [0.4, 0.5) is 0 Å². The first-order valence-electron chi connectivity index (χ1n) is 13.7. The standard InChI is InChI=1S/C30H46O3/c1-18-10-13-27(4)16-17-29(6)19(24(27)23(18)25(32)33)8-9-21-28(5)14-12-22(31)26(2,3)20(28)11-15-30(21,29)7/h8,18,20-21,23-24H,9-17H2,1-7H3,(H,32,33)/t18-,20+,21+,23+,24+,27-,28-,29-,30-/m1/s1. The Balaban J connectivity index is 1.62. The summed E-state index contributed by atoms with van der Waals surface area (Å²) in [5.41, 5.74) is 1.81. The average Bonchev–Trinajstić information content (AvgIpc) is 2.72. The summed E-state index contributed by atoms with van der Waals surface area (Å²) >= 11 is 0. The summed E-state index contributed by atoms with van der Waals surface area (Å²) in [5.74, 6) is 1.06. The van der Waals surface area contributed by atoms with Gasteiger partial charge >= 0.3 is 5.97 Å². The molecule has 4 fully saturated rings.